The largest absolute Gasteiger partial charge is 0.416 e. The summed E-state index contributed by atoms with van der Waals surface area (Å²) in [7, 11) is 0. The molecule has 0 aliphatic carbocycles. The molecule has 134 valence electrons. The van der Waals surface area contributed by atoms with Crippen LogP contribution in [0.25, 0.3) is 11.0 Å². The van der Waals surface area contributed by atoms with Gasteiger partial charge in [0.1, 0.15) is 0 Å². The van der Waals surface area contributed by atoms with Crippen molar-refractivity contribution in [2.75, 3.05) is 5.75 Å². The predicted molar refractivity (Wildman–Crippen MR) is 102 cm³/mol. The number of nitrogens with one attached hydrogen (secondary N) is 1. The number of para-hydroxylation sites is 2. The number of hydrogen-bond donors (Lipinski definition) is 1. The van der Waals surface area contributed by atoms with Crippen molar-refractivity contribution in [3.05, 3.63) is 56.7 Å². The molecule has 0 amide bonds. The predicted octanol–water partition coefficient (Wildman–Crippen LogP) is 3.25. The highest BCUT2D eigenvalue weighted by atomic mass is 32.2. The van der Waals surface area contributed by atoms with Crippen molar-refractivity contribution in [3.63, 3.8) is 0 Å². The Morgan fingerprint density at radius 2 is 2.19 bits per heavy atom. The third-order valence-electron chi connectivity index (χ3n) is 3.88. The Morgan fingerprint density at radius 3 is 3.04 bits per heavy atom. The van der Waals surface area contributed by atoms with Gasteiger partial charge in [0.25, 0.3) is 5.22 Å². The van der Waals surface area contributed by atoms with Gasteiger partial charge >= 0.3 is 5.69 Å². The molecule has 9 heteroatoms. The summed E-state index contributed by atoms with van der Waals surface area (Å²) in [6.07, 6.45) is 1.39. The Balaban J connectivity index is 1.31. The number of rotatable bonds is 7. The zero-order valence-electron chi connectivity index (χ0n) is 14.1. The van der Waals surface area contributed by atoms with Crippen LogP contribution in [0.15, 0.2) is 44.1 Å². The minimum absolute atomic E-state index is 0.0742. The van der Waals surface area contributed by atoms with E-state index in [1.165, 1.54) is 11.8 Å². The quantitative estimate of drug-likeness (QED) is 0.387. The number of aryl methyl sites for hydroxylation is 2. The molecule has 0 bridgehead atoms. The summed E-state index contributed by atoms with van der Waals surface area (Å²) in [4.78, 5) is 19.3. The van der Waals surface area contributed by atoms with Gasteiger partial charge in [0.2, 0.25) is 5.89 Å². The maximum Gasteiger partial charge on any atom is 0.326 e. The number of aromatic nitrogens is 5. The second-order valence-electron chi connectivity index (χ2n) is 5.80. The van der Waals surface area contributed by atoms with Gasteiger partial charge < -0.3 is 9.40 Å². The summed E-state index contributed by atoms with van der Waals surface area (Å²) in [5.41, 5.74) is 2.67. The summed E-state index contributed by atoms with van der Waals surface area (Å²) in [6.45, 7) is 2.62. The van der Waals surface area contributed by atoms with Gasteiger partial charge in [-0.1, -0.05) is 23.9 Å². The van der Waals surface area contributed by atoms with Gasteiger partial charge in [0.15, 0.2) is 0 Å². The van der Waals surface area contributed by atoms with Crippen LogP contribution in [0.3, 0.4) is 0 Å². The zero-order valence-corrected chi connectivity index (χ0v) is 15.8. The monoisotopic (exact) mass is 387 g/mol. The van der Waals surface area contributed by atoms with Gasteiger partial charge in [0.05, 0.1) is 28.2 Å². The average molecular weight is 387 g/mol. The van der Waals surface area contributed by atoms with Crippen LogP contribution in [0.5, 0.6) is 0 Å². The molecule has 26 heavy (non-hydrogen) atoms. The van der Waals surface area contributed by atoms with Crippen LogP contribution in [0.2, 0.25) is 0 Å². The molecule has 1 N–H and O–H groups in total. The molecule has 3 heterocycles. The molecule has 3 aromatic heterocycles. The lowest BCUT2D eigenvalue weighted by Gasteiger charge is -2.02. The summed E-state index contributed by atoms with van der Waals surface area (Å²) >= 11 is 3.12. The van der Waals surface area contributed by atoms with Crippen molar-refractivity contribution in [1.29, 1.82) is 0 Å². The fourth-order valence-electron chi connectivity index (χ4n) is 2.72. The Morgan fingerprint density at radius 1 is 1.31 bits per heavy atom. The highest BCUT2D eigenvalue weighted by Crippen LogP contribution is 2.20. The maximum atomic E-state index is 12.0. The third kappa shape index (κ3) is 3.73. The molecule has 0 aliphatic heterocycles. The van der Waals surface area contributed by atoms with Crippen LogP contribution in [0.1, 0.15) is 23.0 Å². The lowest BCUT2D eigenvalue weighted by Crippen LogP contribution is -2.17. The van der Waals surface area contributed by atoms with E-state index in [4.69, 9.17) is 4.42 Å². The van der Waals surface area contributed by atoms with E-state index in [1.54, 1.807) is 15.9 Å². The smallest absolute Gasteiger partial charge is 0.326 e. The van der Waals surface area contributed by atoms with Crippen molar-refractivity contribution in [3.8, 4) is 0 Å². The van der Waals surface area contributed by atoms with E-state index in [9.17, 15) is 4.79 Å². The number of benzene rings is 1. The Hall–Kier alpha value is -2.39. The summed E-state index contributed by atoms with van der Waals surface area (Å²) < 4.78 is 7.42. The van der Waals surface area contributed by atoms with Crippen LogP contribution in [0.4, 0.5) is 0 Å². The van der Waals surface area contributed by atoms with Crippen molar-refractivity contribution in [1.82, 2.24) is 24.7 Å². The Bertz CT molecular complexity index is 1080. The number of H-pyrrole nitrogens is 1. The van der Waals surface area contributed by atoms with Crippen molar-refractivity contribution >= 4 is 34.1 Å². The first-order valence-corrected chi connectivity index (χ1v) is 10.1. The van der Waals surface area contributed by atoms with E-state index in [0.29, 0.717) is 24.1 Å². The number of thioether (sulfide) groups is 1. The number of imidazole rings is 1. The minimum Gasteiger partial charge on any atom is -0.416 e. The molecular formula is C17H17N5O2S2. The number of fused-ring (bicyclic) bond motifs is 1. The van der Waals surface area contributed by atoms with E-state index >= 15 is 0 Å². The molecule has 4 aromatic rings. The minimum atomic E-state index is -0.0742. The van der Waals surface area contributed by atoms with Crippen molar-refractivity contribution in [2.24, 2.45) is 0 Å². The number of nitrogens with zero attached hydrogens (tertiary/aromatic N) is 4. The summed E-state index contributed by atoms with van der Waals surface area (Å²) in [5, 5.41) is 11.7. The van der Waals surface area contributed by atoms with Crippen LogP contribution in [-0.2, 0) is 13.0 Å². The first-order valence-electron chi connectivity index (χ1n) is 8.23. The topological polar surface area (TPSA) is 89.6 Å². The second kappa shape index (κ2) is 7.46. The lowest BCUT2D eigenvalue weighted by molar-refractivity contribution is 0.419. The van der Waals surface area contributed by atoms with Crippen LogP contribution in [0, 0.1) is 6.92 Å². The molecule has 0 radical (unpaired) electrons. The van der Waals surface area contributed by atoms with Crippen molar-refractivity contribution in [2.45, 2.75) is 31.5 Å². The fraction of sp³-hybridized carbons (Fsp3) is 0.294. The average Bonchev–Trinajstić information content (AvgIpc) is 3.32. The molecule has 0 aliphatic rings. The molecule has 0 fully saturated rings. The van der Waals surface area contributed by atoms with Gasteiger partial charge in [-0.2, -0.15) is 0 Å². The summed E-state index contributed by atoms with van der Waals surface area (Å²) in [5.74, 6) is 1.37. The molecular weight excluding hydrogens is 370 g/mol. The van der Waals surface area contributed by atoms with E-state index < -0.39 is 0 Å². The van der Waals surface area contributed by atoms with Crippen LogP contribution < -0.4 is 5.69 Å². The van der Waals surface area contributed by atoms with E-state index in [-0.39, 0.29) is 5.69 Å². The van der Waals surface area contributed by atoms with E-state index in [0.717, 1.165) is 33.9 Å². The number of thiazole rings is 1. The van der Waals surface area contributed by atoms with Gasteiger partial charge in [-0.25, -0.2) is 9.78 Å². The van der Waals surface area contributed by atoms with Gasteiger partial charge in [-0.05, 0) is 25.5 Å². The highest BCUT2D eigenvalue weighted by Gasteiger charge is 2.10. The van der Waals surface area contributed by atoms with Crippen molar-refractivity contribution < 1.29 is 4.42 Å². The number of hydrogen-bond acceptors (Lipinski definition) is 7. The fourth-order valence-corrected chi connectivity index (χ4v) is 4.04. The first kappa shape index (κ1) is 17.0. The first-order chi connectivity index (χ1) is 12.7. The number of aromatic amines is 1. The Kier molecular flexibility index (Phi) is 4.89. The maximum absolute atomic E-state index is 12.0. The highest BCUT2D eigenvalue weighted by molar-refractivity contribution is 7.99. The van der Waals surface area contributed by atoms with Gasteiger partial charge in [-0.3, -0.25) is 4.57 Å². The molecule has 0 saturated carbocycles. The summed E-state index contributed by atoms with van der Waals surface area (Å²) in [6, 6.07) is 7.71. The zero-order chi connectivity index (χ0) is 17.9. The molecule has 4 rings (SSSR count). The second-order valence-corrected chi connectivity index (χ2v) is 7.91. The van der Waals surface area contributed by atoms with Gasteiger partial charge in [-0.15, -0.1) is 21.5 Å². The third-order valence-corrected chi connectivity index (χ3v) is 5.61. The van der Waals surface area contributed by atoms with E-state index in [2.05, 4.69) is 20.2 Å². The molecule has 0 unspecified atom stereocenters. The Labute approximate surface area is 157 Å². The molecule has 7 nitrogen and oxygen atoms in total. The van der Waals surface area contributed by atoms with Crippen LogP contribution in [-0.4, -0.2) is 30.5 Å². The normalized spacial score (nSPS) is 11.4. The molecule has 0 saturated heterocycles. The van der Waals surface area contributed by atoms with Gasteiger partial charge in [0, 0.05) is 17.7 Å². The molecule has 1 aromatic carbocycles. The molecule has 0 atom stereocenters. The molecule has 0 spiro atoms. The SMILES string of the molecule is Cc1nc(Cc2nnc(SCCCn3c(=O)[nH]c4ccccc43)o2)cs1. The van der Waals surface area contributed by atoms with E-state index in [1.807, 2.05) is 36.6 Å². The lowest BCUT2D eigenvalue weighted by atomic mass is 10.3. The standard InChI is InChI=1S/C17H17N5O2S2/c1-11-18-12(10-26-11)9-15-20-21-17(24-15)25-8-4-7-22-14-6-3-2-5-13(14)19-16(22)23/h2-3,5-6,10H,4,7-9H2,1H3,(H,19,23). The van der Waals surface area contributed by atoms with Crippen LogP contribution >= 0.6 is 23.1 Å².